The number of ether oxygens (including phenoxy) is 1. The maximum Gasteiger partial charge on any atom is 0.228 e. The fourth-order valence-corrected chi connectivity index (χ4v) is 2.19. The van der Waals surface area contributed by atoms with Gasteiger partial charge < -0.3 is 14.6 Å². The van der Waals surface area contributed by atoms with E-state index in [9.17, 15) is 0 Å². The Labute approximate surface area is 108 Å². The van der Waals surface area contributed by atoms with Crippen molar-refractivity contribution < 1.29 is 9.26 Å². The van der Waals surface area contributed by atoms with Gasteiger partial charge in [-0.3, -0.25) is 0 Å². The number of aromatic nitrogens is 2. The number of hydrogen-bond acceptors (Lipinski definition) is 5. The van der Waals surface area contributed by atoms with Gasteiger partial charge in [0.05, 0.1) is 6.61 Å². The number of hydrogen-bond donors (Lipinski definition) is 1. The molecule has 2 unspecified atom stereocenters. The van der Waals surface area contributed by atoms with Gasteiger partial charge in [-0.25, -0.2) is 0 Å². The Morgan fingerprint density at radius 3 is 3.11 bits per heavy atom. The van der Waals surface area contributed by atoms with E-state index in [0.717, 1.165) is 57.2 Å². The Balaban J connectivity index is 1.85. The Morgan fingerprint density at radius 2 is 2.39 bits per heavy atom. The van der Waals surface area contributed by atoms with Gasteiger partial charge in [0.1, 0.15) is 0 Å². The minimum Gasteiger partial charge on any atom is -0.381 e. The van der Waals surface area contributed by atoms with Crippen LogP contribution in [0, 0.1) is 0 Å². The van der Waals surface area contributed by atoms with Gasteiger partial charge in [0, 0.05) is 25.0 Å². The molecule has 102 valence electrons. The van der Waals surface area contributed by atoms with Crippen molar-refractivity contribution in [1.82, 2.24) is 15.5 Å². The second-order valence-electron chi connectivity index (χ2n) is 5.02. The summed E-state index contributed by atoms with van der Waals surface area (Å²) in [5.41, 5.74) is 0. The van der Waals surface area contributed by atoms with Gasteiger partial charge in [-0.2, -0.15) is 4.98 Å². The number of rotatable bonds is 6. The van der Waals surface area contributed by atoms with E-state index >= 15 is 0 Å². The molecule has 1 saturated heterocycles. The van der Waals surface area contributed by atoms with E-state index in [2.05, 4.69) is 29.3 Å². The summed E-state index contributed by atoms with van der Waals surface area (Å²) in [7, 11) is 0. The van der Waals surface area contributed by atoms with Gasteiger partial charge in [0.2, 0.25) is 5.89 Å². The third-order valence-electron chi connectivity index (χ3n) is 3.23. The van der Waals surface area contributed by atoms with Gasteiger partial charge in [-0.05, 0) is 32.7 Å². The highest BCUT2D eigenvalue weighted by molar-refractivity contribution is 4.97. The van der Waals surface area contributed by atoms with Crippen LogP contribution in [0.3, 0.4) is 0 Å². The number of nitrogens with zero attached hydrogens (tertiary/aromatic N) is 2. The Hall–Kier alpha value is -0.940. The van der Waals surface area contributed by atoms with Gasteiger partial charge in [-0.1, -0.05) is 12.1 Å². The SMILES string of the molecule is CCCNC(C)Cc1nc(C2CCCOC2)no1. The first-order valence-corrected chi connectivity index (χ1v) is 6.93. The lowest BCUT2D eigenvalue weighted by molar-refractivity contribution is 0.0773. The average molecular weight is 253 g/mol. The molecule has 0 spiro atoms. The molecule has 1 aromatic heterocycles. The van der Waals surface area contributed by atoms with Crippen molar-refractivity contribution in [1.29, 1.82) is 0 Å². The summed E-state index contributed by atoms with van der Waals surface area (Å²) in [5.74, 6) is 1.86. The zero-order chi connectivity index (χ0) is 12.8. The third kappa shape index (κ3) is 3.78. The number of nitrogens with one attached hydrogen (secondary N) is 1. The first-order chi connectivity index (χ1) is 8.79. The van der Waals surface area contributed by atoms with Crippen LogP contribution in [0.1, 0.15) is 50.7 Å². The fourth-order valence-electron chi connectivity index (χ4n) is 2.19. The lowest BCUT2D eigenvalue weighted by atomic mass is 10.0. The van der Waals surface area contributed by atoms with Crippen LogP contribution in [0.4, 0.5) is 0 Å². The fraction of sp³-hybridized carbons (Fsp3) is 0.846. The monoisotopic (exact) mass is 253 g/mol. The van der Waals surface area contributed by atoms with E-state index in [0.29, 0.717) is 12.0 Å². The molecule has 5 heteroatoms. The zero-order valence-corrected chi connectivity index (χ0v) is 11.3. The van der Waals surface area contributed by atoms with E-state index in [1.54, 1.807) is 0 Å². The Morgan fingerprint density at radius 1 is 1.50 bits per heavy atom. The van der Waals surface area contributed by atoms with Crippen LogP contribution < -0.4 is 5.32 Å². The molecule has 2 heterocycles. The van der Waals surface area contributed by atoms with Crippen molar-refractivity contribution in [2.45, 2.75) is 51.5 Å². The van der Waals surface area contributed by atoms with Gasteiger partial charge in [0.15, 0.2) is 5.82 Å². The van der Waals surface area contributed by atoms with E-state index in [4.69, 9.17) is 9.26 Å². The molecular formula is C13H23N3O2. The van der Waals surface area contributed by atoms with Crippen molar-refractivity contribution >= 4 is 0 Å². The summed E-state index contributed by atoms with van der Waals surface area (Å²) in [6.45, 7) is 6.91. The molecule has 1 N–H and O–H groups in total. The van der Waals surface area contributed by atoms with Gasteiger partial charge >= 0.3 is 0 Å². The molecule has 0 bridgehead atoms. The van der Waals surface area contributed by atoms with E-state index in [1.807, 2.05) is 0 Å². The summed E-state index contributed by atoms with van der Waals surface area (Å²) < 4.78 is 10.8. The Kier molecular flexibility index (Phi) is 5.13. The molecule has 0 aliphatic carbocycles. The van der Waals surface area contributed by atoms with Gasteiger partial charge in [-0.15, -0.1) is 0 Å². The van der Waals surface area contributed by atoms with Crippen molar-refractivity contribution in [2.24, 2.45) is 0 Å². The highest BCUT2D eigenvalue weighted by Crippen LogP contribution is 2.22. The summed E-state index contributed by atoms with van der Waals surface area (Å²) >= 11 is 0. The minimum atomic E-state index is 0.315. The van der Waals surface area contributed by atoms with Crippen molar-refractivity contribution in [2.75, 3.05) is 19.8 Å². The summed E-state index contributed by atoms with van der Waals surface area (Å²) in [4.78, 5) is 4.48. The molecule has 1 aliphatic rings. The van der Waals surface area contributed by atoms with Gasteiger partial charge in [0.25, 0.3) is 0 Å². The maximum atomic E-state index is 5.45. The molecule has 2 atom stereocenters. The quantitative estimate of drug-likeness (QED) is 0.839. The molecular weight excluding hydrogens is 230 g/mol. The molecule has 18 heavy (non-hydrogen) atoms. The second kappa shape index (κ2) is 6.85. The molecule has 1 fully saturated rings. The molecule has 1 aliphatic heterocycles. The first-order valence-electron chi connectivity index (χ1n) is 6.93. The second-order valence-corrected chi connectivity index (χ2v) is 5.02. The minimum absolute atomic E-state index is 0.315. The van der Waals surface area contributed by atoms with Crippen LogP contribution in [0.15, 0.2) is 4.52 Å². The van der Waals surface area contributed by atoms with E-state index in [1.165, 1.54) is 0 Å². The lowest BCUT2D eigenvalue weighted by Gasteiger charge is -2.18. The van der Waals surface area contributed by atoms with E-state index in [-0.39, 0.29) is 0 Å². The third-order valence-corrected chi connectivity index (χ3v) is 3.23. The standard InChI is InChI=1S/C13H23N3O2/c1-3-6-14-10(2)8-12-15-13(16-18-12)11-5-4-7-17-9-11/h10-11,14H,3-9H2,1-2H3. The molecule has 2 rings (SSSR count). The molecule has 0 amide bonds. The molecule has 1 aromatic rings. The van der Waals surface area contributed by atoms with Crippen LogP contribution in [0.2, 0.25) is 0 Å². The van der Waals surface area contributed by atoms with Crippen LogP contribution in [-0.2, 0) is 11.2 Å². The lowest BCUT2D eigenvalue weighted by Crippen LogP contribution is -2.28. The average Bonchev–Trinajstić information content (AvgIpc) is 2.86. The summed E-state index contributed by atoms with van der Waals surface area (Å²) in [5, 5.41) is 7.50. The topological polar surface area (TPSA) is 60.2 Å². The highest BCUT2D eigenvalue weighted by atomic mass is 16.5. The van der Waals surface area contributed by atoms with E-state index < -0.39 is 0 Å². The molecule has 5 nitrogen and oxygen atoms in total. The predicted molar refractivity (Wildman–Crippen MR) is 68.6 cm³/mol. The largest absolute Gasteiger partial charge is 0.381 e. The smallest absolute Gasteiger partial charge is 0.228 e. The summed E-state index contributed by atoms with van der Waals surface area (Å²) in [6, 6.07) is 0.376. The van der Waals surface area contributed by atoms with Crippen molar-refractivity contribution in [3.8, 4) is 0 Å². The van der Waals surface area contributed by atoms with Crippen LogP contribution in [0.25, 0.3) is 0 Å². The van der Waals surface area contributed by atoms with Crippen LogP contribution in [0.5, 0.6) is 0 Å². The molecule has 0 radical (unpaired) electrons. The normalized spacial score (nSPS) is 22.0. The van der Waals surface area contributed by atoms with Crippen LogP contribution >= 0.6 is 0 Å². The Bertz CT molecular complexity index is 348. The summed E-state index contributed by atoms with van der Waals surface area (Å²) in [6.07, 6.45) is 4.12. The van der Waals surface area contributed by atoms with Crippen molar-refractivity contribution in [3.63, 3.8) is 0 Å². The predicted octanol–water partition coefficient (Wildman–Crippen LogP) is 1.89. The van der Waals surface area contributed by atoms with Crippen LogP contribution in [-0.4, -0.2) is 35.9 Å². The molecule has 0 saturated carbocycles. The first kappa shape index (κ1) is 13.5. The zero-order valence-electron chi connectivity index (χ0n) is 11.3. The highest BCUT2D eigenvalue weighted by Gasteiger charge is 2.21. The molecule has 0 aromatic carbocycles. The van der Waals surface area contributed by atoms with Crippen molar-refractivity contribution in [3.05, 3.63) is 11.7 Å². The maximum absolute atomic E-state index is 5.45.